The minimum atomic E-state index is -0.640. The molecule has 5 atom stereocenters. The zero-order chi connectivity index (χ0) is 22.3. The molecule has 0 spiro atoms. The Labute approximate surface area is 182 Å². The smallest absolute Gasteiger partial charge is 0.223 e. The third kappa shape index (κ3) is 3.78. The van der Waals surface area contributed by atoms with Crippen LogP contribution in [0, 0.1) is 16.7 Å². The molecule has 0 saturated heterocycles. The maximum Gasteiger partial charge on any atom is 0.223 e. The molecule has 0 aromatic carbocycles. The van der Waals surface area contributed by atoms with Crippen molar-refractivity contribution in [1.29, 1.82) is 0 Å². The summed E-state index contributed by atoms with van der Waals surface area (Å²) in [6, 6.07) is 0. The van der Waals surface area contributed by atoms with E-state index < -0.39 is 11.5 Å². The molecule has 1 heterocycles. The van der Waals surface area contributed by atoms with Crippen molar-refractivity contribution in [3.8, 4) is 0 Å². The van der Waals surface area contributed by atoms with E-state index in [2.05, 4.69) is 12.2 Å². The fourth-order valence-corrected chi connectivity index (χ4v) is 6.84. The highest BCUT2D eigenvalue weighted by Crippen LogP contribution is 2.62. The van der Waals surface area contributed by atoms with Crippen LogP contribution in [0.1, 0.15) is 70.4 Å². The lowest BCUT2D eigenvalue weighted by Gasteiger charge is -2.58. The largest absolute Gasteiger partial charge is 0.396 e. The van der Waals surface area contributed by atoms with Crippen LogP contribution in [0.2, 0.25) is 0 Å². The van der Waals surface area contributed by atoms with Gasteiger partial charge in [0.05, 0.1) is 18.4 Å². The van der Waals surface area contributed by atoms with E-state index in [0.29, 0.717) is 37.5 Å². The molecule has 3 rings (SSSR count). The molecule has 2 amide bonds. The summed E-state index contributed by atoms with van der Waals surface area (Å²) in [6.45, 7) is 10.8. The van der Waals surface area contributed by atoms with Crippen LogP contribution in [0.4, 0.5) is 5.13 Å². The maximum atomic E-state index is 13.1. The van der Waals surface area contributed by atoms with E-state index >= 15 is 0 Å². The molecule has 1 fully saturated rings. The number of carbonyl (C=O) groups is 2. The van der Waals surface area contributed by atoms with Crippen molar-refractivity contribution in [3.05, 3.63) is 10.6 Å². The second-order valence-corrected chi connectivity index (χ2v) is 10.4. The Balaban J connectivity index is 2.08. The van der Waals surface area contributed by atoms with Gasteiger partial charge in [-0.2, -0.15) is 0 Å². The van der Waals surface area contributed by atoms with Crippen molar-refractivity contribution in [3.63, 3.8) is 0 Å². The number of aliphatic hydroxyl groups excluding tert-OH is 2. The van der Waals surface area contributed by atoms with Crippen LogP contribution in [0.25, 0.3) is 0 Å². The summed E-state index contributed by atoms with van der Waals surface area (Å²) in [5, 5.41) is 24.4. The lowest BCUT2D eigenvalue weighted by atomic mass is 9.47. The third-order valence-electron chi connectivity index (χ3n) is 7.67. The molecule has 1 aromatic rings. The number of hydrogen-bond donors (Lipinski definition) is 3. The van der Waals surface area contributed by atoms with Gasteiger partial charge in [-0.15, -0.1) is 11.3 Å². The predicted molar refractivity (Wildman–Crippen MR) is 117 cm³/mol. The Bertz CT molecular complexity index is 808. The average Bonchev–Trinajstić information content (AvgIpc) is 3.09. The number of fused-ring (bicyclic) bond motifs is 2. The van der Waals surface area contributed by atoms with Crippen LogP contribution in [-0.2, 0) is 16.0 Å². The summed E-state index contributed by atoms with van der Waals surface area (Å²) >= 11 is 1.45. The molecule has 8 heteroatoms. The van der Waals surface area contributed by atoms with Gasteiger partial charge in [0, 0.05) is 42.6 Å². The fourth-order valence-electron chi connectivity index (χ4n) is 5.73. The number of nitrogens with one attached hydrogen (secondary N) is 1. The average molecular weight is 438 g/mol. The Morgan fingerprint density at radius 2 is 1.97 bits per heavy atom. The van der Waals surface area contributed by atoms with Crippen molar-refractivity contribution in [2.45, 2.75) is 72.3 Å². The number of nitrogens with zero attached hydrogens (tertiary/aromatic N) is 2. The molecular weight excluding hydrogens is 402 g/mol. The van der Waals surface area contributed by atoms with Crippen LogP contribution in [0.15, 0.2) is 0 Å². The van der Waals surface area contributed by atoms with Crippen LogP contribution in [0.3, 0.4) is 0 Å². The summed E-state index contributed by atoms with van der Waals surface area (Å²) in [6.07, 6.45) is 1.83. The first kappa shape index (κ1) is 23.2. The van der Waals surface area contributed by atoms with Crippen molar-refractivity contribution >= 4 is 28.3 Å². The number of rotatable bonds is 6. The standard InChI is InChI=1S/C22H35N3O4S/c1-6-25(7-2)18(29)10-14-19-15(30-20(24-19)23-13(3)27)11-16-21(14,4)9-8-17(28)22(16,5)12-26/h14,16-17,26,28H,6-12H2,1-5H3,(H,23,24,27)/t14-,16+,17+,21-,22-/m0/s1. The van der Waals surface area contributed by atoms with Gasteiger partial charge in [0.1, 0.15) is 0 Å². The quantitative estimate of drug-likeness (QED) is 0.635. The van der Waals surface area contributed by atoms with Crippen LogP contribution < -0.4 is 5.32 Å². The van der Waals surface area contributed by atoms with Gasteiger partial charge in [0.25, 0.3) is 0 Å². The molecule has 168 valence electrons. The van der Waals surface area contributed by atoms with E-state index in [-0.39, 0.29) is 35.7 Å². The number of thiazole rings is 1. The highest BCUT2D eigenvalue weighted by Gasteiger charge is 2.59. The number of hydrogen-bond acceptors (Lipinski definition) is 6. The fraction of sp³-hybridized carbons (Fsp3) is 0.773. The number of carbonyl (C=O) groups excluding carboxylic acids is 2. The van der Waals surface area contributed by atoms with Crippen molar-refractivity contribution in [1.82, 2.24) is 9.88 Å². The maximum absolute atomic E-state index is 13.1. The summed E-state index contributed by atoms with van der Waals surface area (Å²) < 4.78 is 0. The van der Waals surface area contributed by atoms with Crippen LogP contribution in [0.5, 0.6) is 0 Å². The predicted octanol–water partition coefficient (Wildman–Crippen LogP) is 2.78. The Morgan fingerprint density at radius 3 is 2.53 bits per heavy atom. The van der Waals surface area contributed by atoms with Gasteiger partial charge < -0.3 is 20.4 Å². The van der Waals surface area contributed by atoms with Crippen molar-refractivity contribution in [2.75, 3.05) is 25.0 Å². The van der Waals surface area contributed by atoms with Gasteiger partial charge in [-0.3, -0.25) is 9.59 Å². The topological polar surface area (TPSA) is 103 Å². The van der Waals surface area contributed by atoms with E-state index in [4.69, 9.17) is 4.98 Å². The number of aliphatic hydroxyl groups is 2. The molecule has 3 N–H and O–H groups in total. The molecule has 7 nitrogen and oxygen atoms in total. The van der Waals surface area contributed by atoms with Gasteiger partial charge >= 0.3 is 0 Å². The number of amides is 2. The lowest BCUT2D eigenvalue weighted by Crippen LogP contribution is -2.57. The molecule has 2 aliphatic carbocycles. The zero-order valence-electron chi connectivity index (χ0n) is 18.7. The van der Waals surface area contributed by atoms with E-state index in [1.54, 1.807) is 0 Å². The van der Waals surface area contributed by atoms with Crippen molar-refractivity contribution in [2.24, 2.45) is 16.7 Å². The van der Waals surface area contributed by atoms with Crippen LogP contribution in [-0.4, -0.2) is 57.7 Å². The molecule has 1 aromatic heterocycles. The zero-order valence-corrected chi connectivity index (χ0v) is 19.5. The summed E-state index contributed by atoms with van der Waals surface area (Å²) in [4.78, 5) is 32.3. The molecular formula is C22H35N3O4S. The first-order chi connectivity index (χ1) is 14.1. The molecule has 2 aliphatic rings. The molecule has 0 unspecified atom stereocenters. The first-order valence-electron chi connectivity index (χ1n) is 10.9. The van der Waals surface area contributed by atoms with Gasteiger partial charge in [-0.1, -0.05) is 13.8 Å². The SMILES string of the molecule is CCN(CC)C(=O)C[C@H]1c2nc(NC(C)=O)sc2C[C@H]2[C@](C)(CO)[C@H](O)CC[C@]21C. The summed E-state index contributed by atoms with van der Waals surface area (Å²) in [5.74, 6) is -0.164. The number of aromatic nitrogens is 1. The molecule has 1 saturated carbocycles. The molecule has 0 aliphatic heterocycles. The van der Waals surface area contributed by atoms with E-state index in [1.807, 2.05) is 25.7 Å². The second kappa shape index (κ2) is 8.55. The highest BCUT2D eigenvalue weighted by atomic mass is 32.1. The number of anilines is 1. The normalized spacial score (nSPS) is 32.8. The summed E-state index contributed by atoms with van der Waals surface area (Å²) in [5.41, 5.74) is -0.00680. The Kier molecular flexibility index (Phi) is 6.60. The molecule has 30 heavy (non-hydrogen) atoms. The van der Waals surface area contributed by atoms with Gasteiger partial charge in [-0.05, 0) is 44.4 Å². The van der Waals surface area contributed by atoms with Gasteiger partial charge in [0.2, 0.25) is 11.8 Å². The van der Waals surface area contributed by atoms with Gasteiger partial charge in [0.15, 0.2) is 5.13 Å². The van der Waals surface area contributed by atoms with Crippen LogP contribution >= 0.6 is 11.3 Å². The van der Waals surface area contributed by atoms with E-state index in [9.17, 15) is 19.8 Å². The minimum Gasteiger partial charge on any atom is -0.396 e. The third-order valence-corrected chi connectivity index (χ3v) is 8.68. The first-order valence-corrected chi connectivity index (χ1v) is 11.8. The van der Waals surface area contributed by atoms with E-state index in [1.165, 1.54) is 18.3 Å². The highest BCUT2D eigenvalue weighted by molar-refractivity contribution is 7.15. The van der Waals surface area contributed by atoms with Gasteiger partial charge in [-0.25, -0.2) is 4.98 Å². The second-order valence-electron chi connectivity index (χ2n) is 9.31. The van der Waals surface area contributed by atoms with Crippen molar-refractivity contribution < 1.29 is 19.8 Å². The molecule has 0 bridgehead atoms. The lowest BCUT2D eigenvalue weighted by molar-refractivity contribution is -0.147. The minimum absolute atomic E-state index is 0.0198. The Morgan fingerprint density at radius 1 is 1.30 bits per heavy atom. The van der Waals surface area contributed by atoms with E-state index in [0.717, 1.165) is 17.0 Å². The monoisotopic (exact) mass is 437 g/mol. The Hall–Kier alpha value is -1.51. The molecule has 0 radical (unpaired) electrons. The summed E-state index contributed by atoms with van der Waals surface area (Å²) in [7, 11) is 0.